The Hall–Kier alpha value is -1.56. The lowest BCUT2D eigenvalue weighted by atomic mass is 9.95. The van der Waals surface area contributed by atoms with Crippen LogP contribution in [0.4, 0.5) is 0 Å². The van der Waals surface area contributed by atoms with Crippen molar-refractivity contribution in [3.05, 3.63) is 64.6 Å². The van der Waals surface area contributed by atoms with E-state index in [2.05, 4.69) is 28.1 Å². The molecule has 1 saturated heterocycles. The fourth-order valence-corrected chi connectivity index (χ4v) is 3.12. The molecule has 2 atom stereocenters. The highest BCUT2D eigenvalue weighted by Crippen LogP contribution is 2.26. The average molecular weight is 412 g/mol. The van der Waals surface area contributed by atoms with E-state index in [1.54, 1.807) is 4.90 Å². The highest BCUT2D eigenvalue weighted by atomic mass is 79.9. The summed E-state index contributed by atoms with van der Waals surface area (Å²) in [6, 6.07) is 17.5. The van der Waals surface area contributed by atoms with Gasteiger partial charge in [0.25, 0.3) is 5.91 Å². The van der Waals surface area contributed by atoms with Gasteiger partial charge in [-0.3, -0.25) is 4.79 Å². The highest BCUT2D eigenvalue weighted by molar-refractivity contribution is 9.10. The Bertz CT molecular complexity index is 666. The summed E-state index contributed by atoms with van der Waals surface area (Å²) < 4.78 is 6.54. The summed E-state index contributed by atoms with van der Waals surface area (Å²) in [5.74, 6) is 0.847. The molecule has 1 heterocycles. The maximum absolute atomic E-state index is 12.3. The van der Waals surface area contributed by atoms with Gasteiger partial charge in [0.15, 0.2) is 6.61 Å². The van der Waals surface area contributed by atoms with Gasteiger partial charge in [-0.25, -0.2) is 0 Å². The number of rotatable bonds is 4. The summed E-state index contributed by atoms with van der Waals surface area (Å²) in [5.41, 5.74) is 7.41. The molecule has 0 saturated carbocycles. The number of hydrogen-bond acceptors (Lipinski definition) is 3. The van der Waals surface area contributed by atoms with Gasteiger partial charge in [0.2, 0.25) is 0 Å². The monoisotopic (exact) mass is 410 g/mol. The molecule has 2 N–H and O–H groups in total. The summed E-state index contributed by atoms with van der Waals surface area (Å²) in [5, 5.41) is 0. The first kappa shape index (κ1) is 18.8. The molecule has 0 unspecified atom stereocenters. The second kappa shape index (κ2) is 8.51. The first-order valence-electron chi connectivity index (χ1n) is 7.60. The van der Waals surface area contributed by atoms with Crippen molar-refractivity contribution in [1.82, 2.24) is 4.90 Å². The summed E-state index contributed by atoms with van der Waals surface area (Å²) in [6.07, 6.45) is 0. The smallest absolute Gasteiger partial charge is 0.260 e. The maximum atomic E-state index is 12.3. The Morgan fingerprint density at radius 2 is 1.79 bits per heavy atom. The molecule has 1 amide bonds. The summed E-state index contributed by atoms with van der Waals surface area (Å²) in [4.78, 5) is 14.1. The molecule has 0 radical (unpaired) electrons. The van der Waals surface area contributed by atoms with Crippen LogP contribution in [0.1, 0.15) is 11.5 Å². The molecule has 3 rings (SSSR count). The minimum atomic E-state index is -0.0333. The number of hydrogen-bond donors (Lipinski definition) is 1. The zero-order valence-corrected chi connectivity index (χ0v) is 15.5. The molecule has 24 heavy (non-hydrogen) atoms. The Labute approximate surface area is 156 Å². The third-order valence-electron chi connectivity index (χ3n) is 4.12. The van der Waals surface area contributed by atoms with Crippen LogP contribution in [-0.2, 0) is 4.79 Å². The van der Waals surface area contributed by atoms with E-state index in [0.29, 0.717) is 18.8 Å². The number of nitrogens with zero attached hydrogens (tertiary/aromatic N) is 1. The zero-order chi connectivity index (χ0) is 16.2. The van der Waals surface area contributed by atoms with Gasteiger partial charge in [0.05, 0.1) is 0 Å². The molecule has 0 bridgehead atoms. The van der Waals surface area contributed by atoms with E-state index in [-0.39, 0.29) is 36.9 Å². The first-order chi connectivity index (χ1) is 11.1. The Kier molecular flexibility index (Phi) is 6.66. The van der Waals surface area contributed by atoms with Crippen LogP contribution in [0, 0.1) is 0 Å². The molecule has 0 aromatic heterocycles. The molecule has 1 fully saturated rings. The van der Waals surface area contributed by atoms with E-state index in [4.69, 9.17) is 10.5 Å². The van der Waals surface area contributed by atoms with E-state index in [9.17, 15) is 4.79 Å². The predicted molar refractivity (Wildman–Crippen MR) is 101 cm³/mol. The largest absolute Gasteiger partial charge is 0.484 e. The van der Waals surface area contributed by atoms with Crippen molar-refractivity contribution in [1.29, 1.82) is 0 Å². The molecule has 128 valence electrons. The van der Waals surface area contributed by atoms with Crippen molar-refractivity contribution in [2.45, 2.75) is 12.0 Å². The molecule has 4 nitrogen and oxygen atoms in total. The fraction of sp³-hybridized carbons (Fsp3) is 0.278. The fourth-order valence-electron chi connectivity index (χ4n) is 2.85. The Morgan fingerprint density at radius 1 is 1.12 bits per heavy atom. The number of halogens is 2. The molecular weight excluding hydrogens is 392 g/mol. The lowest BCUT2D eigenvalue weighted by Crippen LogP contribution is -2.35. The highest BCUT2D eigenvalue weighted by Gasteiger charge is 2.33. The van der Waals surface area contributed by atoms with Crippen molar-refractivity contribution in [2.75, 3.05) is 19.7 Å². The van der Waals surface area contributed by atoms with Crippen molar-refractivity contribution >= 4 is 34.2 Å². The molecule has 6 heteroatoms. The third-order valence-corrected chi connectivity index (χ3v) is 4.65. The van der Waals surface area contributed by atoms with E-state index < -0.39 is 0 Å². The second-order valence-electron chi connectivity index (χ2n) is 5.72. The van der Waals surface area contributed by atoms with Gasteiger partial charge in [0.1, 0.15) is 5.75 Å². The van der Waals surface area contributed by atoms with Gasteiger partial charge in [-0.2, -0.15) is 0 Å². The average Bonchev–Trinajstić information content (AvgIpc) is 2.97. The lowest BCUT2D eigenvalue weighted by molar-refractivity contribution is -0.132. The number of amides is 1. The summed E-state index contributed by atoms with van der Waals surface area (Å²) in [7, 11) is 0. The standard InChI is InChI=1S/C18H19BrN2O2.ClH/c19-14-6-8-15(9-7-14)23-12-18(22)21-10-16(17(20)11-21)13-4-2-1-3-5-13;/h1-9,16-17H,10-12,20H2;1H/t16-,17+;/m0./s1. The molecule has 1 aliphatic heterocycles. The SMILES string of the molecule is Cl.N[C@@H]1CN(C(=O)COc2ccc(Br)cc2)C[C@H]1c1ccccc1. The van der Waals surface area contributed by atoms with E-state index in [1.165, 1.54) is 5.56 Å². The van der Waals surface area contributed by atoms with Crippen LogP contribution >= 0.6 is 28.3 Å². The molecular formula is C18H20BrClN2O2. The molecule has 1 aliphatic rings. The first-order valence-corrected chi connectivity index (χ1v) is 8.39. The quantitative estimate of drug-likeness (QED) is 0.840. The maximum Gasteiger partial charge on any atom is 0.260 e. The lowest BCUT2D eigenvalue weighted by Gasteiger charge is -2.17. The predicted octanol–water partition coefficient (Wildman–Crippen LogP) is 3.20. The minimum absolute atomic E-state index is 0. The molecule has 2 aromatic carbocycles. The van der Waals surface area contributed by atoms with Gasteiger partial charge < -0.3 is 15.4 Å². The van der Waals surface area contributed by atoms with Crippen molar-refractivity contribution in [3.8, 4) is 5.75 Å². The van der Waals surface area contributed by atoms with Gasteiger partial charge >= 0.3 is 0 Å². The van der Waals surface area contributed by atoms with Crippen LogP contribution in [-0.4, -0.2) is 36.5 Å². The number of likely N-dealkylation sites (tertiary alicyclic amines) is 1. The van der Waals surface area contributed by atoms with Crippen LogP contribution in [0.15, 0.2) is 59.1 Å². The minimum Gasteiger partial charge on any atom is -0.484 e. The van der Waals surface area contributed by atoms with Crippen LogP contribution < -0.4 is 10.5 Å². The number of nitrogens with two attached hydrogens (primary N) is 1. The Balaban J connectivity index is 0.00000208. The van der Waals surface area contributed by atoms with Gasteiger partial charge in [-0.05, 0) is 29.8 Å². The summed E-state index contributed by atoms with van der Waals surface area (Å²) in [6.45, 7) is 1.26. The third kappa shape index (κ3) is 4.50. The molecule has 0 aliphatic carbocycles. The van der Waals surface area contributed by atoms with Crippen LogP contribution in [0.3, 0.4) is 0 Å². The summed E-state index contributed by atoms with van der Waals surface area (Å²) >= 11 is 3.37. The van der Waals surface area contributed by atoms with E-state index in [1.807, 2.05) is 42.5 Å². The van der Waals surface area contributed by atoms with Crippen LogP contribution in [0.2, 0.25) is 0 Å². The number of benzene rings is 2. The van der Waals surface area contributed by atoms with Gasteiger partial charge in [-0.15, -0.1) is 12.4 Å². The number of carbonyl (C=O) groups is 1. The number of carbonyl (C=O) groups excluding carboxylic acids is 1. The molecule has 0 spiro atoms. The van der Waals surface area contributed by atoms with Crippen molar-refractivity contribution in [3.63, 3.8) is 0 Å². The van der Waals surface area contributed by atoms with Gasteiger partial charge in [0, 0.05) is 29.5 Å². The normalized spacial score (nSPS) is 19.7. The second-order valence-corrected chi connectivity index (χ2v) is 6.64. The van der Waals surface area contributed by atoms with Crippen LogP contribution in [0.5, 0.6) is 5.75 Å². The topological polar surface area (TPSA) is 55.6 Å². The van der Waals surface area contributed by atoms with E-state index >= 15 is 0 Å². The zero-order valence-electron chi connectivity index (χ0n) is 13.1. The van der Waals surface area contributed by atoms with Crippen LogP contribution in [0.25, 0.3) is 0 Å². The van der Waals surface area contributed by atoms with Crippen molar-refractivity contribution in [2.24, 2.45) is 5.73 Å². The van der Waals surface area contributed by atoms with Gasteiger partial charge in [-0.1, -0.05) is 46.3 Å². The Morgan fingerprint density at radius 3 is 2.46 bits per heavy atom. The van der Waals surface area contributed by atoms with Crippen molar-refractivity contribution < 1.29 is 9.53 Å². The molecule has 2 aromatic rings. The number of ether oxygens (including phenoxy) is 1. The van der Waals surface area contributed by atoms with E-state index in [0.717, 1.165) is 4.47 Å².